The van der Waals surface area contributed by atoms with E-state index in [1.807, 2.05) is 4.90 Å². The minimum absolute atomic E-state index is 0.217. The van der Waals surface area contributed by atoms with Gasteiger partial charge in [-0.1, -0.05) is 36.4 Å². The highest BCUT2D eigenvalue weighted by Crippen LogP contribution is 2.27. The largest absolute Gasteiger partial charge is 0.334 e. The van der Waals surface area contributed by atoms with Crippen LogP contribution in [-0.2, 0) is 17.9 Å². The molecule has 17 heavy (non-hydrogen) atoms. The third-order valence-corrected chi connectivity index (χ3v) is 3.77. The Morgan fingerprint density at radius 3 is 2.41 bits per heavy atom. The first kappa shape index (κ1) is 10.6. The number of carbonyl (C=O) groups excluding carboxylic acids is 1. The van der Waals surface area contributed by atoms with Crippen LogP contribution in [-0.4, -0.2) is 10.8 Å². The van der Waals surface area contributed by atoms with Gasteiger partial charge in [0, 0.05) is 19.0 Å². The number of allylic oxidation sites excluding steroid dienone is 2. The molecule has 88 valence electrons. The molecule has 0 unspecified atom stereocenters. The van der Waals surface area contributed by atoms with Gasteiger partial charge in [-0.15, -0.1) is 0 Å². The van der Waals surface area contributed by atoms with E-state index in [0.717, 1.165) is 32.4 Å². The summed E-state index contributed by atoms with van der Waals surface area (Å²) < 4.78 is 0. The van der Waals surface area contributed by atoms with Crippen LogP contribution in [0.25, 0.3) is 0 Å². The molecule has 2 heteroatoms. The number of benzene rings is 1. The maximum atomic E-state index is 12.4. The lowest BCUT2D eigenvalue weighted by molar-refractivity contribution is -0.136. The van der Waals surface area contributed by atoms with E-state index < -0.39 is 0 Å². The van der Waals surface area contributed by atoms with Gasteiger partial charge in [0.1, 0.15) is 0 Å². The minimum atomic E-state index is 0.217. The maximum Gasteiger partial charge on any atom is 0.226 e. The highest BCUT2D eigenvalue weighted by molar-refractivity contribution is 5.79. The minimum Gasteiger partial charge on any atom is -0.334 e. The summed E-state index contributed by atoms with van der Waals surface area (Å²) in [6.07, 6.45) is 7.32. The molecule has 0 fully saturated rings. The lowest BCUT2D eigenvalue weighted by Crippen LogP contribution is -2.32. The Bertz CT molecular complexity index is 439. The van der Waals surface area contributed by atoms with Crippen LogP contribution < -0.4 is 0 Å². The zero-order valence-corrected chi connectivity index (χ0v) is 9.93. The first-order valence-corrected chi connectivity index (χ1v) is 6.35. The van der Waals surface area contributed by atoms with E-state index in [0.29, 0.717) is 5.91 Å². The van der Waals surface area contributed by atoms with E-state index in [1.54, 1.807) is 0 Å². The summed E-state index contributed by atoms with van der Waals surface area (Å²) in [5.74, 6) is 0.555. The predicted molar refractivity (Wildman–Crippen MR) is 67.2 cm³/mol. The SMILES string of the molecule is O=C([C@@H]1CC=CCC1)N1Cc2ccccc2C1. The van der Waals surface area contributed by atoms with Crippen molar-refractivity contribution in [2.45, 2.75) is 32.4 Å². The number of hydrogen-bond acceptors (Lipinski definition) is 1. The van der Waals surface area contributed by atoms with Crippen molar-refractivity contribution in [3.8, 4) is 0 Å². The van der Waals surface area contributed by atoms with Crippen molar-refractivity contribution in [2.75, 3.05) is 0 Å². The smallest absolute Gasteiger partial charge is 0.226 e. The average molecular weight is 227 g/mol. The van der Waals surface area contributed by atoms with E-state index in [-0.39, 0.29) is 5.92 Å². The topological polar surface area (TPSA) is 20.3 Å². The predicted octanol–water partition coefficient (Wildman–Crippen LogP) is 2.89. The molecule has 1 aromatic rings. The molecule has 0 bridgehead atoms. The normalized spacial score (nSPS) is 22.6. The highest BCUT2D eigenvalue weighted by atomic mass is 16.2. The summed E-state index contributed by atoms with van der Waals surface area (Å²) in [6.45, 7) is 1.60. The summed E-state index contributed by atoms with van der Waals surface area (Å²) in [6, 6.07) is 8.36. The van der Waals surface area contributed by atoms with Crippen molar-refractivity contribution in [1.82, 2.24) is 4.90 Å². The molecule has 0 aromatic heterocycles. The molecule has 0 radical (unpaired) electrons. The van der Waals surface area contributed by atoms with E-state index in [2.05, 4.69) is 36.4 Å². The van der Waals surface area contributed by atoms with Crippen LogP contribution in [0.3, 0.4) is 0 Å². The van der Waals surface area contributed by atoms with Gasteiger partial charge in [-0.3, -0.25) is 4.79 Å². The molecule has 0 N–H and O–H groups in total. The Labute approximate surface area is 102 Å². The molecule has 1 atom stereocenters. The number of fused-ring (bicyclic) bond motifs is 1. The van der Waals surface area contributed by atoms with Gasteiger partial charge < -0.3 is 4.90 Å². The molecule has 1 amide bonds. The van der Waals surface area contributed by atoms with Gasteiger partial charge >= 0.3 is 0 Å². The monoisotopic (exact) mass is 227 g/mol. The van der Waals surface area contributed by atoms with E-state index in [1.165, 1.54) is 11.1 Å². The number of amides is 1. The zero-order valence-electron chi connectivity index (χ0n) is 9.93. The van der Waals surface area contributed by atoms with Crippen LogP contribution in [0.4, 0.5) is 0 Å². The fraction of sp³-hybridized carbons (Fsp3) is 0.400. The molecule has 0 saturated heterocycles. The van der Waals surface area contributed by atoms with Crippen molar-refractivity contribution in [2.24, 2.45) is 5.92 Å². The van der Waals surface area contributed by atoms with Gasteiger partial charge in [0.15, 0.2) is 0 Å². The summed E-state index contributed by atoms with van der Waals surface area (Å²) in [5.41, 5.74) is 2.62. The third-order valence-electron chi connectivity index (χ3n) is 3.77. The van der Waals surface area contributed by atoms with Gasteiger partial charge in [-0.2, -0.15) is 0 Å². The van der Waals surface area contributed by atoms with Gasteiger partial charge in [0.2, 0.25) is 5.91 Å². The second-order valence-electron chi connectivity index (χ2n) is 4.94. The summed E-state index contributed by atoms with van der Waals surface area (Å²) in [5, 5.41) is 0. The van der Waals surface area contributed by atoms with Gasteiger partial charge in [-0.25, -0.2) is 0 Å². The van der Waals surface area contributed by atoms with Gasteiger partial charge in [-0.05, 0) is 30.4 Å². The van der Waals surface area contributed by atoms with Gasteiger partial charge in [0.25, 0.3) is 0 Å². The summed E-state index contributed by atoms with van der Waals surface area (Å²) in [4.78, 5) is 14.4. The van der Waals surface area contributed by atoms with Gasteiger partial charge in [0.05, 0.1) is 0 Å². The second kappa shape index (κ2) is 4.36. The lowest BCUT2D eigenvalue weighted by atomic mass is 9.93. The van der Waals surface area contributed by atoms with Crippen molar-refractivity contribution >= 4 is 5.91 Å². The lowest BCUT2D eigenvalue weighted by Gasteiger charge is -2.23. The Kier molecular flexibility index (Phi) is 2.71. The second-order valence-corrected chi connectivity index (χ2v) is 4.94. The number of nitrogens with zero attached hydrogens (tertiary/aromatic N) is 1. The Hall–Kier alpha value is -1.57. The number of carbonyl (C=O) groups is 1. The Morgan fingerprint density at radius 2 is 1.82 bits per heavy atom. The van der Waals surface area contributed by atoms with Crippen LogP contribution in [0.1, 0.15) is 30.4 Å². The first-order valence-electron chi connectivity index (χ1n) is 6.35. The molecule has 0 spiro atoms. The molecule has 2 aliphatic rings. The summed E-state index contributed by atoms with van der Waals surface area (Å²) in [7, 11) is 0. The quantitative estimate of drug-likeness (QED) is 0.675. The van der Waals surface area contributed by atoms with Crippen LogP contribution >= 0.6 is 0 Å². The average Bonchev–Trinajstić information content (AvgIpc) is 2.82. The fourth-order valence-corrected chi connectivity index (χ4v) is 2.77. The number of hydrogen-bond donors (Lipinski definition) is 0. The number of rotatable bonds is 1. The van der Waals surface area contributed by atoms with E-state index >= 15 is 0 Å². The van der Waals surface area contributed by atoms with Crippen LogP contribution in [0.15, 0.2) is 36.4 Å². The molecule has 2 nitrogen and oxygen atoms in total. The molecule has 3 rings (SSSR count). The highest BCUT2D eigenvalue weighted by Gasteiger charge is 2.28. The Morgan fingerprint density at radius 1 is 1.12 bits per heavy atom. The van der Waals surface area contributed by atoms with Crippen molar-refractivity contribution in [3.63, 3.8) is 0 Å². The first-order chi connectivity index (χ1) is 8.34. The van der Waals surface area contributed by atoms with Crippen molar-refractivity contribution < 1.29 is 4.79 Å². The van der Waals surface area contributed by atoms with Crippen LogP contribution in [0.5, 0.6) is 0 Å². The van der Waals surface area contributed by atoms with Crippen LogP contribution in [0.2, 0.25) is 0 Å². The standard InChI is InChI=1S/C15H17NO/c17-15(12-6-2-1-3-7-12)16-10-13-8-4-5-9-14(13)11-16/h1-2,4-5,8-9,12H,3,6-7,10-11H2/t12-/m1/s1. The molecular formula is C15H17NO. The van der Waals surface area contributed by atoms with Crippen LogP contribution in [0, 0.1) is 5.92 Å². The molecular weight excluding hydrogens is 210 g/mol. The van der Waals surface area contributed by atoms with E-state index in [9.17, 15) is 4.79 Å². The molecule has 1 aromatic carbocycles. The molecule has 1 aliphatic carbocycles. The summed E-state index contributed by atoms with van der Waals surface area (Å²) >= 11 is 0. The molecule has 1 heterocycles. The maximum absolute atomic E-state index is 12.4. The third kappa shape index (κ3) is 1.99. The van der Waals surface area contributed by atoms with E-state index in [4.69, 9.17) is 0 Å². The molecule has 0 saturated carbocycles. The Balaban J connectivity index is 1.72. The van der Waals surface area contributed by atoms with Crippen molar-refractivity contribution in [1.29, 1.82) is 0 Å². The molecule has 1 aliphatic heterocycles. The van der Waals surface area contributed by atoms with Crippen molar-refractivity contribution in [3.05, 3.63) is 47.5 Å². The fourth-order valence-electron chi connectivity index (χ4n) is 2.77. The zero-order chi connectivity index (χ0) is 11.7.